The van der Waals surface area contributed by atoms with Crippen LogP contribution < -0.4 is 5.32 Å². The van der Waals surface area contributed by atoms with E-state index in [0.717, 1.165) is 11.3 Å². The predicted octanol–water partition coefficient (Wildman–Crippen LogP) is 2.42. The van der Waals surface area contributed by atoms with Crippen molar-refractivity contribution in [3.63, 3.8) is 0 Å². The largest absolute Gasteiger partial charge is 0.339 e. The first kappa shape index (κ1) is 13.4. The normalized spacial score (nSPS) is 14.9. The summed E-state index contributed by atoms with van der Waals surface area (Å²) in [6.07, 6.45) is 5.83. The van der Waals surface area contributed by atoms with Gasteiger partial charge >= 0.3 is 0 Å². The molecule has 1 aliphatic heterocycles. The van der Waals surface area contributed by atoms with Gasteiger partial charge in [-0.3, -0.25) is 0 Å². The van der Waals surface area contributed by atoms with Crippen molar-refractivity contribution in [2.75, 3.05) is 5.32 Å². The van der Waals surface area contributed by atoms with Gasteiger partial charge in [-0.15, -0.1) is 16.7 Å². The van der Waals surface area contributed by atoms with E-state index in [1.54, 1.807) is 24.3 Å². The minimum Gasteiger partial charge on any atom is -0.339 e. The van der Waals surface area contributed by atoms with E-state index in [-0.39, 0.29) is 4.90 Å². The minimum atomic E-state index is -3.59. The highest BCUT2D eigenvalue weighted by atomic mass is 32.2. The molecule has 2 aromatic carbocycles. The summed E-state index contributed by atoms with van der Waals surface area (Å²) in [4.78, 5) is 0.233. The molecule has 21 heavy (non-hydrogen) atoms. The summed E-state index contributed by atoms with van der Waals surface area (Å²) in [5.74, 6) is 2.92. The van der Waals surface area contributed by atoms with Gasteiger partial charge < -0.3 is 5.32 Å². The van der Waals surface area contributed by atoms with Crippen LogP contribution in [-0.2, 0) is 16.4 Å². The molecule has 0 spiro atoms. The molecule has 1 N–H and O–H groups in total. The maximum Gasteiger partial charge on any atom is 0.285 e. The van der Waals surface area contributed by atoms with Crippen molar-refractivity contribution >= 4 is 21.5 Å². The summed E-state index contributed by atoms with van der Waals surface area (Å²) in [5, 5.41) is 3.04. The van der Waals surface area contributed by atoms with Crippen LogP contribution in [0.15, 0.2) is 57.8 Å². The fourth-order valence-corrected chi connectivity index (χ4v) is 3.33. The summed E-state index contributed by atoms with van der Waals surface area (Å²) in [5.41, 5.74) is 2.39. The van der Waals surface area contributed by atoms with Crippen LogP contribution in [0.5, 0.6) is 0 Å². The lowest BCUT2D eigenvalue weighted by Crippen LogP contribution is -2.11. The highest BCUT2D eigenvalue weighted by molar-refractivity contribution is 7.90. The van der Waals surface area contributed by atoms with E-state index in [1.165, 1.54) is 0 Å². The van der Waals surface area contributed by atoms with Crippen molar-refractivity contribution < 1.29 is 8.42 Å². The highest BCUT2D eigenvalue weighted by Crippen LogP contribution is 2.26. The quantitative estimate of drug-likeness (QED) is 0.866. The van der Waals surface area contributed by atoms with Crippen LogP contribution in [0.2, 0.25) is 0 Å². The van der Waals surface area contributed by atoms with Crippen LogP contribution in [0.1, 0.15) is 11.1 Å². The Hall–Kier alpha value is -2.58. The van der Waals surface area contributed by atoms with Crippen LogP contribution in [0, 0.1) is 12.3 Å². The number of rotatable bonds is 2. The van der Waals surface area contributed by atoms with Crippen LogP contribution in [0.25, 0.3) is 0 Å². The Bertz CT molecular complexity index is 860. The van der Waals surface area contributed by atoms with Crippen molar-refractivity contribution in [1.82, 2.24) is 0 Å². The van der Waals surface area contributed by atoms with Crippen LogP contribution in [-0.4, -0.2) is 14.3 Å². The molecule has 0 bridgehead atoms. The third-order valence-electron chi connectivity index (χ3n) is 3.15. The lowest BCUT2D eigenvalue weighted by atomic mass is 10.1. The van der Waals surface area contributed by atoms with Gasteiger partial charge in [0.25, 0.3) is 10.0 Å². The van der Waals surface area contributed by atoms with Gasteiger partial charge in [-0.1, -0.05) is 24.3 Å². The topological polar surface area (TPSA) is 58.5 Å². The van der Waals surface area contributed by atoms with Gasteiger partial charge in [0, 0.05) is 17.7 Å². The van der Waals surface area contributed by atoms with Crippen molar-refractivity contribution in [2.45, 2.75) is 11.3 Å². The Morgan fingerprint density at radius 1 is 1.10 bits per heavy atom. The zero-order chi connectivity index (χ0) is 14.9. The van der Waals surface area contributed by atoms with E-state index < -0.39 is 10.0 Å². The third-order valence-corrected chi connectivity index (χ3v) is 4.49. The molecule has 0 radical (unpaired) electrons. The molecule has 1 heterocycles. The maximum absolute atomic E-state index is 11.9. The Kier molecular flexibility index (Phi) is 3.24. The number of anilines is 1. The number of terminal acetylenes is 1. The predicted molar refractivity (Wildman–Crippen MR) is 82.8 cm³/mol. The van der Waals surface area contributed by atoms with Crippen molar-refractivity contribution in [3.05, 3.63) is 59.7 Å². The summed E-state index contributed by atoms with van der Waals surface area (Å²) < 4.78 is 27.7. The van der Waals surface area contributed by atoms with Gasteiger partial charge in [0.1, 0.15) is 4.90 Å². The van der Waals surface area contributed by atoms with E-state index in [0.29, 0.717) is 17.8 Å². The number of sulfonamides is 1. The van der Waals surface area contributed by atoms with E-state index in [9.17, 15) is 8.42 Å². The van der Waals surface area contributed by atoms with Crippen molar-refractivity contribution in [1.29, 1.82) is 0 Å². The SMILES string of the molecule is C#CCc1ccc(NC2=NS(=O)(=O)c3ccccc32)cc1. The van der Waals surface area contributed by atoms with Gasteiger partial charge in [-0.05, 0) is 29.8 Å². The fraction of sp³-hybridized carbons (Fsp3) is 0.0625. The maximum atomic E-state index is 11.9. The van der Waals surface area contributed by atoms with Crippen LogP contribution in [0.3, 0.4) is 0 Å². The van der Waals surface area contributed by atoms with Crippen molar-refractivity contribution in [2.24, 2.45) is 4.40 Å². The van der Waals surface area contributed by atoms with E-state index in [4.69, 9.17) is 6.42 Å². The van der Waals surface area contributed by atoms with E-state index in [1.807, 2.05) is 24.3 Å². The number of hydrogen-bond donors (Lipinski definition) is 1. The second-order valence-corrected chi connectivity index (χ2v) is 6.19. The molecule has 0 aliphatic carbocycles. The molecule has 4 nitrogen and oxygen atoms in total. The van der Waals surface area contributed by atoms with Gasteiger partial charge in [-0.2, -0.15) is 8.42 Å². The summed E-state index contributed by atoms with van der Waals surface area (Å²) in [6, 6.07) is 14.3. The molecule has 1 aliphatic rings. The zero-order valence-corrected chi connectivity index (χ0v) is 11.9. The van der Waals surface area contributed by atoms with E-state index >= 15 is 0 Å². The first-order valence-corrected chi connectivity index (χ1v) is 7.78. The molecule has 0 atom stereocenters. The monoisotopic (exact) mass is 296 g/mol. The van der Waals surface area contributed by atoms with Gasteiger partial charge in [0.15, 0.2) is 5.84 Å². The zero-order valence-electron chi connectivity index (χ0n) is 11.1. The molecule has 0 aromatic heterocycles. The molecule has 3 rings (SSSR count). The number of benzene rings is 2. The Morgan fingerprint density at radius 3 is 2.52 bits per heavy atom. The molecule has 0 unspecified atom stereocenters. The average molecular weight is 296 g/mol. The summed E-state index contributed by atoms with van der Waals surface area (Å²) >= 11 is 0. The molecular formula is C16H12N2O2S. The Labute approximate surface area is 123 Å². The average Bonchev–Trinajstić information content (AvgIpc) is 2.73. The fourth-order valence-electron chi connectivity index (χ4n) is 2.16. The molecule has 0 saturated carbocycles. The molecule has 2 aromatic rings. The first-order valence-electron chi connectivity index (χ1n) is 6.34. The van der Waals surface area contributed by atoms with Gasteiger partial charge in [0.2, 0.25) is 0 Å². The highest BCUT2D eigenvalue weighted by Gasteiger charge is 2.28. The number of hydrogen-bond acceptors (Lipinski definition) is 3. The number of nitrogens with one attached hydrogen (secondary N) is 1. The molecule has 0 fully saturated rings. The number of fused-ring (bicyclic) bond motifs is 1. The Morgan fingerprint density at radius 2 is 1.81 bits per heavy atom. The third kappa shape index (κ3) is 2.54. The van der Waals surface area contributed by atoms with Crippen molar-refractivity contribution in [3.8, 4) is 12.3 Å². The smallest absolute Gasteiger partial charge is 0.285 e. The lowest BCUT2D eigenvalue weighted by Gasteiger charge is -2.06. The van der Waals surface area contributed by atoms with Crippen LogP contribution >= 0.6 is 0 Å². The molecule has 104 valence electrons. The summed E-state index contributed by atoms with van der Waals surface area (Å²) in [6.45, 7) is 0. The standard InChI is InChI=1S/C16H12N2O2S/c1-2-5-12-8-10-13(11-9-12)17-16-14-6-3-4-7-15(14)21(19,20)18-16/h1,3-4,6-11H,5H2,(H,17,18). The van der Waals surface area contributed by atoms with E-state index in [2.05, 4.69) is 15.6 Å². The number of amidine groups is 1. The second kappa shape index (κ2) is 5.08. The van der Waals surface area contributed by atoms with Crippen LogP contribution in [0.4, 0.5) is 5.69 Å². The second-order valence-electron chi connectivity index (χ2n) is 4.61. The summed E-state index contributed by atoms with van der Waals surface area (Å²) in [7, 11) is -3.59. The molecule has 0 saturated heterocycles. The van der Waals surface area contributed by atoms with Gasteiger partial charge in [-0.25, -0.2) is 0 Å². The molecular weight excluding hydrogens is 284 g/mol. The minimum absolute atomic E-state index is 0.233. The molecule has 0 amide bonds. The lowest BCUT2D eigenvalue weighted by molar-refractivity contribution is 0.599. The number of nitrogens with zero attached hydrogens (tertiary/aromatic N) is 1. The molecule has 5 heteroatoms. The van der Waals surface area contributed by atoms with Gasteiger partial charge in [0.05, 0.1) is 0 Å². The first-order chi connectivity index (χ1) is 10.1. The Balaban J connectivity index is 1.91.